The summed E-state index contributed by atoms with van der Waals surface area (Å²) in [5.41, 5.74) is 0. The van der Waals surface area contributed by atoms with Crippen molar-refractivity contribution in [3.05, 3.63) is 134 Å². The summed E-state index contributed by atoms with van der Waals surface area (Å²) >= 11 is 0. The Morgan fingerprint density at radius 2 is 1.02 bits per heavy atom. The van der Waals surface area contributed by atoms with Crippen molar-refractivity contribution in [2.45, 2.75) is 12.6 Å². The Labute approximate surface area is 262 Å². The SMILES string of the molecule is C=COOc1cccc2ccccc12.Pc1ccc2ccccc2c1OOC1CO1.c1ccc2c(OOC3CO3)cccc2c1. The van der Waals surface area contributed by atoms with Crippen molar-refractivity contribution in [2.24, 2.45) is 0 Å². The molecule has 45 heavy (non-hydrogen) atoms. The highest BCUT2D eigenvalue weighted by atomic mass is 31.0. The third-order valence-corrected chi connectivity index (χ3v) is 7.16. The average Bonchev–Trinajstić information content (AvgIpc) is 4.03. The fourth-order valence-corrected chi connectivity index (χ4v) is 4.67. The van der Waals surface area contributed by atoms with Crippen LogP contribution in [0.15, 0.2) is 134 Å². The zero-order chi connectivity index (χ0) is 30.8. The summed E-state index contributed by atoms with van der Waals surface area (Å²) < 4.78 is 9.82. The molecule has 0 radical (unpaired) electrons. The molecule has 0 amide bonds. The van der Waals surface area contributed by atoms with Gasteiger partial charge in [-0.05, 0) is 28.3 Å². The Kier molecular flexibility index (Phi) is 10.0. The van der Waals surface area contributed by atoms with Gasteiger partial charge in [-0.2, -0.15) is 9.78 Å². The molecule has 0 aliphatic carbocycles. The van der Waals surface area contributed by atoms with Crippen molar-refractivity contribution >= 4 is 46.9 Å². The van der Waals surface area contributed by atoms with Gasteiger partial charge in [0.1, 0.15) is 19.5 Å². The van der Waals surface area contributed by atoms with Crippen molar-refractivity contribution < 1.29 is 38.8 Å². The predicted molar refractivity (Wildman–Crippen MR) is 176 cm³/mol. The Morgan fingerprint density at radius 1 is 0.556 bits per heavy atom. The molecule has 2 fully saturated rings. The molecule has 8 nitrogen and oxygen atoms in total. The Hall–Kier alpha value is -4.69. The standard InChI is InChI=1S/C12H11O3P.C12H10O3.C12H10O2/c16-10-6-5-8-3-1-2-4-9(8)12(10)15-14-11-7-13-11;1-2-6-10-9(4-1)5-3-7-11(10)14-15-12-8-13-12;1-2-13-14-12-9-5-7-10-6-3-4-8-11(10)12/h1-6,11H,7,16H2;1-7,12H,8H2;2-9H,1H2. The molecule has 0 spiro atoms. The van der Waals surface area contributed by atoms with Gasteiger partial charge in [-0.25, -0.2) is 0 Å². The normalized spacial score (nSPS) is 16.0. The Morgan fingerprint density at radius 3 is 1.58 bits per heavy atom. The maximum absolute atomic E-state index is 5.33. The molecule has 2 aliphatic rings. The van der Waals surface area contributed by atoms with Gasteiger partial charge in [0.25, 0.3) is 0 Å². The quantitative estimate of drug-likeness (QED) is 0.0531. The molecule has 9 heteroatoms. The lowest BCUT2D eigenvalue weighted by Crippen LogP contribution is -2.06. The van der Waals surface area contributed by atoms with E-state index in [0.29, 0.717) is 19.0 Å². The van der Waals surface area contributed by atoms with Crippen LogP contribution >= 0.6 is 9.24 Å². The van der Waals surface area contributed by atoms with E-state index in [1.807, 2.05) is 115 Å². The molecule has 2 heterocycles. The van der Waals surface area contributed by atoms with Crippen LogP contribution in [0.25, 0.3) is 32.3 Å². The molecule has 6 aromatic rings. The van der Waals surface area contributed by atoms with Crippen LogP contribution in [0.1, 0.15) is 0 Å². The van der Waals surface area contributed by atoms with Crippen LogP contribution in [0.4, 0.5) is 0 Å². The number of hydrogen-bond donors (Lipinski definition) is 0. The van der Waals surface area contributed by atoms with Crippen LogP contribution < -0.4 is 20.0 Å². The molecule has 6 aromatic carbocycles. The molecule has 0 N–H and O–H groups in total. The van der Waals surface area contributed by atoms with Gasteiger partial charge in [0.15, 0.2) is 17.2 Å². The highest BCUT2D eigenvalue weighted by molar-refractivity contribution is 7.27. The fourth-order valence-electron chi connectivity index (χ4n) is 4.37. The Bertz CT molecular complexity index is 1880. The number of hydrogen-bond acceptors (Lipinski definition) is 8. The molecule has 0 aromatic heterocycles. The lowest BCUT2D eigenvalue weighted by molar-refractivity contribution is -0.238. The van der Waals surface area contributed by atoms with Crippen LogP contribution in [-0.4, -0.2) is 25.8 Å². The van der Waals surface area contributed by atoms with E-state index in [4.69, 9.17) is 38.8 Å². The first kappa shape index (κ1) is 30.3. The summed E-state index contributed by atoms with van der Waals surface area (Å²) in [6, 6.07) is 39.7. The number of rotatable bonds is 9. The molecular weight excluding hydrogens is 591 g/mol. The minimum absolute atomic E-state index is 0.191. The highest BCUT2D eigenvalue weighted by Crippen LogP contribution is 2.28. The molecule has 228 valence electrons. The third kappa shape index (κ3) is 8.28. The summed E-state index contributed by atoms with van der Waals surface area (Å²) in [5, 5.41) is 7.46. The first-order valence-corrected chi connectivity index (χ1v) is 14.8. The summed E-state index contributed by atoms with van der Waals surface area (Å²) in [4.78, 5) is 30.4. The van der Waals surface area contributed by atoms with Gasteiger partial charge in [-0.3, -0.25) is 9.78 Å². The lowest BCUT2D eigenvalue weighted by atomic mass is 10.1. The summed E-state index contributed by atoms with van der Waals surface area (Å²) in [7, 11) is 2.64. The van der Waals surface area contributed by atoms with E-state index in [9.17, 15) is 0 Å². The maximum Gasteiger partial charge on any atom is 0.226 e. The van der Waals surface area contributed by atoms with Crippen molar-refractivity contribution in [2.75, 3.05) is 13.2 Å². The van der Waals surface area contributed by atoms with Gasteiger partial charge in [0.05, 0.1) is 0 Å². The van der Waals surface area contributed by atoms with Gasteiger partial charge >= 0.3 is 0 Å². The molecule has 2 saturated heterocycles. The predicted octanol–water partition coefficient (Wildman–Crippen LogP) is 7.81. The van der Waals surface area contributed by atoms with E-state index >= 15 is 0 Å². The van der Waals surface area contributed by atoms with Gasteiger partial charge in [0, 0.05) is 21.5 Å². The van der Waals surface area contributed by atoms with Gasteiger partial charge in [-0.1, -0.05) is 116 Å². The van der Waals surface area contributed by atoms with Crippen molar-refractivity contribution in [3.8, 4) is 17.2 Å². The molecule has 3 unspecified atom stereocenters. The minimum atomic E-state index is -0.205. The fraction of sp³-hybridized carbons (Fsp3) is 0.111. The first-order valence-electron chi connectivity index (χ1n) is 14.3. The first-order chi connectivity index (χ1) is 22.2. The van der Waals surface area contributed by atoms with Crippen LogP contribution in [0.3, 0.4) is 0 Å². The van der Waals surface area contributed by atoms with Crippen LogP contribution in [0, 0.1) is 0 Å². The summed E-state index contributed by atoms with van der Waals surface area (Å²) in [6.07, 6.45) is 0.856. The van der Waals surface area contributed by atoms with E-state index in [2.05, 4.69) is 21.9 Å². The van der Waals surface area contributed by atoms with Gasteiger partial charge in [-0.15, -0.1) is 9.24 Å². The molecule has 3 atom stereocenters. The van der Waals surface area contributed by atoms with Crippen LogP contribution in [0.5, 0.6) is 17.2 Å². The van der Waals surface area contributed by atoms with Crippen LogP contribution in [0.2, 0.25) is 0 Å². The van der Waals surface area contributed by atoms with Crippen molar-refractivity contribution in [1.29, 1.82) is 0 Å². The van der Waals surface area contributed by atoms with Crippen LogP contribution in [-0.2, 0) is 24.1 Å². The molecule has 8 rings (SSSR count). The summed E-state index contributed by atoms with van der Waals surface area (Å²) in [6.45, 7) is 4.63. The zero-order valence-corrected chi connectivity index (χ0v) is 25.4. The largest absolute Gasteiger partial charge is 0.342 e. The second-order valence-corrected chi connectivity index (χ2v) is 10.5. The van der Waals surface area contributed by atoms with E-state index in [1.54, 1.807) is 0 Å². The van der Waals surface area contributed by atoms with Gasteiger partial charge in [0.2, 0.25) is 12.6 Å². The number of ether oxygens (including phenoxy) is 2. The summed E-state index contributed by atoms with van der Waals surface area (Å²) in [5.74, 6) is 2.16. The molecule has 2 aliphatic heterocycles. The number of fused-ring (bicyclic) bond motifs is 3. The molecular formula is C36H31O8P. The van der Waals surface area contributed by atoms with E-state index in [-0.39, 0.29) is 12.6 Å². The minimum Gasteiger partial charge on any atom is -0.342 e. The lowest BCUT2D eigenvalue weighted by Gasteiger charge is -2.09. The topological polar surface area (TPSA) is 80.4 Å². The van der Waals surface area contributed by atoms with Gasteiger partial charge < -0.3 is 19.2 Å². The van der Waals surface area contributed by atoms with Crippen molar-refractivity contribution in [1.82, 2.24) is 0 Å². The second kappa shape index (κ2) is 14.9. The third-order valence-electron chi connectivity index (χ3n) is 6.70. The van der Waals surface area contributed by atoms with E-state index in [0.717, 1.165) is 49.1 Å². The monoisotopic (exact) mass is 622 g/mol. The second-order valence-electron chi connectivity index (χ2n) is 9.89. The smallest absolute Gasteiger partial charge is 0.226 e. The van der Waals surface area contributed by atoms with E-state index in [1.165, 1.54) is 6.26 Å². The molecule has 0 saturated carbocycles. The van der Waals surface area contributed by atoms with Crippen molar-refractivity contribution in [3.63, 3.8) is 0 Å². The van der Waals surface area contributed by atoms with E-state index < -0.39 is 0 Å². The Balaban J connectivity index is 0.000000119. The number of epoxide rings is 2. The zero-order valence-electron chi connectivity index (χ0n) is 24.2. The highest BCUT2D eigenvalue weighted by Gasteiger charge is 2.26. The number of benzene rings is 6. The molecule has 0 bridgehead atoms. The maximum atomic E-state index is 5.33. The average molecular weight is 623 g/mol.